The third-order valence-electron chi connectivity index (χ3n) is 3.97. The molecule has 0 aromatic carbocycles. The summed E-state index contributed by atoms with van der Waals surface area (Å²) in [6, 6.07) is 2.96. The van der Waals surface area contributed by atoms with Crippen molar-refractivity contribution >= 4 is 11.9 Å². The number of hydrogen-bond acceptors (Lipinski definition) is 3. The van der Waals surface area contributed by atoms with Crippen LogP contribution in [0.25, 0.3) is 0 Å². The van der Waals surface area contributed by atoms with Crippen LogP contribution in [0, 0.1) is 5.92 Å². The molecule has 1 heterocycles. The minimum absolute atomic E-state index is 0.0114. The standard InChI is InChI=1S/C15H20N2O3/c1-10(11-6-3-2-4-7-11)17-14(18)13-12(15(19)20)8-5-9-16-13/h5,8-11H,2-4,6-7H2,1H3,(H,17,18)(H,19,20)/t10-/m1/s1. The zero-order valence-corrected chi connectivity index (χ0v) is 11.6. The second kappa shape index (κ2) is 6.50. The number of carboxylic acids is 1. The van der Waals surface area contributed by atoms with E-state index in [0.29, 0.717) is 5.92 Å². The number of nitrogens with zero attached hydrogens (tertiary/aromatic N) is 1. The van der Waals surface area contributed by atoms with Gasteiger partial charge in [-0.2, -0.15) is 0 Å². The first-order valence-corrected chi connectivity index (χ1v) is 7.08. The zero-order chi connectivity index (χ0) is 14.5. The summed E-state index contributed by atoms with van der Waals surface area (Å²) in [5.74, 6) is -1.06. The molecule has 0 unspecified atom stereocenters. The Bertz CT molecular complexity index is 496. The number of nitrogens with one attached hydrogen (secondary N) is 1. The Hall–Kier alpha value is -1.91. The molecule has 1 saturated carbocycles. The summed E-state index contributed by atoms with van der Waals surface area (Å²) in [4.78, 5) is 27.2. The van der Waals surface area contributed by atoms with Gasteiger partial charge in [0.1, 0.15) is 5.69 Å². The summed E-state index contributed by atoms with van der Waals surface area (Å²) in [6.07, 6.45) is 7.35. The topological polar surface area (TPSA) is 79.3 Å². The summed E-state index contributed by atoms with van der Waals surface area (Å²) < 4.78 is 0. The van der Waals surface area contributed by atoms with Gasteiger partial charge >= 0.3 is 5.97 Å². The van der Waals surface area contributed by atoms with Crippen molar-refractivity contribution in [3.63, 3.8) is 0 Å². The van der Waals surface area contributed by atoms with E-state index in [9.17, 15) is 9.59 Å². The van der Waals surface area contributed by atoms with Gasteiger partial charge in [0.25, 0.3) is 5.91 Å². The Labute approximate surface area is 118 Å². The Balaban J connectivity index is 2.06. The third-order valence-corrected chi connectivity index (χ3v) is 3.97. The highest BCUT2D eigenvalue weighted by molar-refractivity contribution is 6.03. The maximum absolute atomic E-state index is 12.2. The van der Waals surface area contributed by atoms with Gasteiger partial charge in [-0.15, -0.1) is 0 Å². The molecule has 1 aromatic heterocycles. The van der Waals surface area contributed by atoms with E-state index in [1.165, 1.54) is 37.6 Å². The van der Waals surface area contributed by atoms with Gasteiger partial charge in [0.15, 0.2) is 0 Å². The van der Waals surface area contributed by atoms with Gasteiger partial charge in [0.05, 0.1) is 5.56 Å². The highest BCUT2D eigenvalue weighted by Gasteiger charge is 2.24. The molecule has 5 heteroatoms. The first-order valence-electron chi connectivity index (χ1n) is 7.08. The van der Waals surface area contributed by atoms with Crippen molar-refractivity contribution in [3.05, 3.63) is 29.6 Å². The lowest BCUT2D eigenvalue weighted by Crippen LogP contribution is -2.39. The molecule has 0 saturated heterocycles. The van der Waals surface area contributed by atoms with E-state index in [0.717, 1.165) is 12.8 Å². The molecule has 20 heavy (non-hydrogen) atoms. The summed E-state index contributed by atoms with van der Waals surface area (Å²) in [6.45, 7) is 1.98. The van der Waals surface area contributed by atoms with Crippen LogP contribution in [0.3, 0.4) is 0 Å². The summed E-state index contributed by atoms with van der Waals surface area (Å²) in [7, 11) is 0. The van der Waals surface area contributed by atoms with Crippen LogP contribution in [-0.2, 0) is 0 Å². The molecule has 1 aliphatic rings. The third kappa shape index (κ3) is 3.35. The van der Waals surface area contributed by atoms with Crippen molar-refractivity contribution in [2.24, 2.45) is 5.92 Å². The molecule has 0 radical (unpaired) electrons. The molecule has 2 N–H and O–H groups in total. The Morgan fingerprint density at radius 2 is 2.05 bits per heavy atom. The largest absolute Gasteiger partial charge is 0.478 e. The molecule has 5 nitrogen and oxygen atoms in total. The van der Waals surface area contributed by atoms with Gasteiger partial charge < -0.3 is 10.4 Å². The van der Waals surface area contributed by atoms with Gasteiger partial charge in [-0.05, 0) is 37.8 Å². The fraction of sp³-hybridized carbons (Fsp3) is 0.533. The number of carbonyl (C=O) groups excluding carboxylic acids is 1. The van der Waals surface area contributed by atoms with Crippen molar-refractivity contribution in [2.45, 2.75) is 45.1 Å². The SMILES string of the molecule is C[C@@H](NC(=O)c1ncccc1C(=O)O)C1CCCCC1. The molecule has 1 fully saturated rings. The van der Waals surface area contributed by atoms with E-state index in [4.69, 9.17) is 5.11 Å². The predicted octanol–water partition coefficient (Wildman–Crippen LogP) is 2.48. The van der Waals surface area contributed by atoms with Crippen LogP contribution in [0.4, 0.5) is 0 Å². The van der Waals surface area contributed by atoms with E-state index in [-0.39, 0.29) is 17.3 Å². The molecule has 1 aromatic rings. The maximum atomic E-state index is 12.2. The molecule has 0 bridgehead atoms. The summed E-state index contributed by atoms with van der Waals surface area (Å²) in [5, 5.41) is 12.0. The second-order valence-corrected chi connectivity index (χ2v) is 5.36. The zero-order valence-electron chi connectivity index (χ0n) is 11.6. The van der Waals surface area contributed by atoms with Crippen molar-refractivity contribution < 1.29 is 14.7 Å². The number of aromatic nitrogens is 1. The first kappa shape index (κ1) is 14.5. The highest BCUT2D eigenvalue weighted by atomic mass is 16.4. The molecular weight excluding hydrogens is 256 g/mol. The fourth-order valence-electron chi connectivity index (χ4n) is 2.79. The van der Waals surface area contributed by atoms with Gasteiger partial charge in [-0.3, -0.25) is 9.78 Å². The Morgan fingerprint density at radius 1 is 1.35 bits per heavy atom. The molecule has 1 aliphatic carbocycles. The average Bonchev–Trinajstić information content (AvgIpc) is 2.48. The molecule has 1 amide bonds. The van der Waals surface area contributed by atoms with Crippen molar-refractivity contribution in [1.29, 1.82) is 0 Å². The lowest BCUT2D eigenvalue weighted by atomic mass is 9.84. The fourth-order valence-corrected chi connectivity index (χ4v) is 2.79. The van der Waals surface area contributed by atoms with Gasteiger partial charge in [-0.1, -0.05) is 19.3 Å². The van der Waals surface area contributed by atoms with Crippen molar-refractivity contribution in [2.75, 3.05) is 0 Å². The van der Waals surface area contributed by atoms with Crippen molar-refractivity contribution in [3.8, 4) is 0 Å². The second-order valence-electron chi connectivity index (χ2n) is 5.36. The normalized spacial score (nSPS) is 17.4. The van der Waals surface area contributed by atoms with Crippen LogP contribution in [0.5, 0.6) is 0 Å². The number of hydrogen-bond donors (Lipinski definition) is 2. The quantitative estimate of drug-likeness (QED) is 0.885. The molecular formula is C15H20N2O3. The van der Waals surface area contributed by atoms with E-state index < -0.39 is 11.9 Å². The smallest absolute Gasteiger partial charge is 0.338 e. The molecule has 1 atom stereocenters. The molecule has 2 rings (SSSR count). The highest BCUT2D eigenvalue weighted by Crippen LogP contribution is 2.26. The lowest BCUT2D eigenvalue weighted by molar-refractivity contribution is 0.0689. The maximum Gasteiger partial charge on any atom is 0.338 e. The van der Waals surface area contributed by atoms with E-state index >= 15 is 0 Å². The van der Waals surface area contributed by atoms with Crippen LogP contribution in [-0.4, -0.2) is 28.0 Å². The van der Waals surface area contributed by atoms with Crippen LogP contribution >= 0.6 is 0 Å². The molecule has 0 spiro atoms. The van der Waals surface area contributed by atoms with E-state index in [1.807, 2.05) is 6.92 Å². The van der Waals surface area contributed by atoms with E-state index in [1.54, 1.807) is 0 Å². The number of carbonyl (C=O) groups is 2. The minimum Gasteiger partial charge on any atom is -0.478 e. The Morgan fingerprint density at radius 3 is 2.70 bits per heavy atom. The number of aromatic carboxylic acids is 1. The van der Waals surface area contributed by atoms with Gasteiger partial charge in [0.2, 0.25) is 0 Å². The first-order chi connectivity index (χ1) is 9.59. The number of pyridine rings is 1. The molecule has 0 aliphatic heterocycles. The average molecular weight is 276 g/mol. The van der Waals surface area contributed by atoms with Crippen LogP contribution in [0.2, 0.25) is 0 Å². The lowest BCUT2D eigenvalue weighted by Gasteiger charge is -2.28. The summed E-state index contributed by atoms with van der Waals surface area (Å²) >= 11 is 0. The molecule has 108 valence electrons. The number of rotatable bonds is 4. The Kier molecular flexibility index (Phi) is 4.71. The van der Waals surface area contributed by atoms with Crippen LogP contribution in [0.1, 0.15) is 59.9 Å². The van der Waals surface area contributed by atoms with E-state index in [2.05, 4.69) is 10.3 Å². The number of amides is 1. The van der Waals surface area contributed by atoms with Gasteiger partial charge in [-0.25, -0.2) is 4.79 Å². The monoisotopic (exact) mass is 276 g/mol. The van der Waals surface area contributed by atoms with Crippen LogP contribution in [0.15, 0.2) is 18.3 Å². The minimum atomic E-state index is -1.13. The number of carboxylic acid groups (broad SMARTS) is 1. The predicted molar refractivity (Wildman–Crippen MR) is 74.7 cm³/mol. The summed E-state index contributed by atoms with van der Waals surface area (Å²) in [5.41, 5.74) is -0.0662. The van der Waals surface area contributed by atoms with Crippen LogP contribution < -0.4 is 5.32 Å². The van der Waals surface area contributed by atoms with Crippen molar-refractivity contribution in [1.82, 2.24) is 10.3 Å². The van der Waals surface area contributed by atoms with Gasteiger partial charge in [0, 0.05) is 12.2 Å².